The van der Waals surface area contributed by atoms with Crippen molar-refractivity contribution in [1.82, 2.24) is 0 Å². The largest absolute Gasteiger partial charge is 0.379 e. The van der Waals surface area contributed by atoms with Crippen LogP contribution in [-0.2, 0) is 5.60 Å². The van der Waals surface area contributed by atoms with Crippen molar-refractivity contribution in [2.75, 3.05) is 0 Å². The lowest BCUT2D eigenvalue weighted by Crippen LogP contribution is -2.30. The van der Waals surface area contributed by atoms with E-state index in [0.717, 1.165) is 23.3 Å². The average Bonchev–Trinajstić information content (AvgIpc) is 3.12. The summed E-state index contributed by atoms with van der Waals surface area (Å²) in [5.74, 6) is 0.381. The van der Waals surface area contributed by atoms with Gasteiger partial charge in [-0.2, -0.15) is 0 Å². The van der Waals surface area contributed by atoms with Gasteiger partial charge in [0.15, 0.2) is 0 Å². The third kappa shape index (κ3) is 2.03. The van der Waals surface area contributed by atoms with E-state index in [2.05, 4.69) is 50.4 Å². The lowest BCUT2D eigenvalue weighted by molar-refractivity contribution is 0.0590. The Balaban J connectivity index is 2.18. The topological polar surface area (TPSA) is 20.2 Å². The van der Waals surface area contributed by atoms with Gasteiger partial charge < -0.3 is 5.11 Å². The maximum atomic E-state index is 11.4. The SMILES string of the molecule is Cc1ccc(C(O)(c2sccc2C)C2CC2)c(C)c1. The molecule has 0 bridgehead atoms. The summed E-state index contributed by atoms with van der Waals surface area (Å²) in [7, 11) is 0. The van der Waals surface area contributed by atoms with Crippen LogP contribution in [0.25, 0.3) is 0 Å². The molecule has 0 radical (unpaired) electrons. The first-order valence-electron chi connectivity index (χ1n) is 6.88. The van der Waals surface area contributed by atoms with E-state index >= 15 is 0 Å². The summed E-state index contributed by atoms with van der Waals surface area (Å²) in [6.07, 6.45) is 2.25. The summed E-state index contributed by atoms with van der Waals surface area (Å²) in [5.41, 5.74) is 3.96. The molecule has 1 atom stereocenters. The Hall–Kier alpha value is -1.12. The molecular formula is C17H20OS. The third-order valence-corrected chi connectivity index (χ3v) is 5.31. The van der Waals surface area contributed by atoms with Gasteiger partial charge in [0, 0.05) is 4.88 Å². The van der Waals surface area contributed by atoms with Crippen LogP contribution < -0.4 is 0 Å². The smallest absolute Gasteiger partial charge is 0.127 e. The predicted molar refractivity (Wildman–Crippen MR) is 80.7 cm³/mol. The molecule has 0 amide bonds. The molecule has 1 nitrogen and oxygen atoms in total. The number of hydrogen-bond acceptors (Lipinski definition) is 2. The van der Waals surface area contributed by atoms with Crippen LogP contribution in [0.15, 0.2) is 29.6 Å². The molecule has 1 aliphatic rings. The maximum absolute atomic E-state index is 11.4. The highest BCUT2D eigenvalue weighted by molar-refractivity contribution is 7.10. The van der Waals surface area contributed by atoms with E-state index < -0.39 is 5.60 Å². The molecule has 2 aromatic rings. The Kier molecular flexibility index (Phi) is 3.03. The van der Waals surface area contributed by atoms with Crippen LogP contribution in [0, 0.1) is 26.7 Å². The zero-order valence-electron chi connectivity index (χ0n) is 11.7. The van der Waals surface area contributed by atoms with Crippen molar-refractivity contribution in [1.29, 1.82) is 0 Å². The Morgan fingerprint density at radius 1 is 1.11 bits per heavy atom. The van der Waals surface area contributed by atoms with Gasteiger partial charge in [-0.15, -0.1) is 11.3 Å². The molecule has 1 heterocycles. The van der Waals surface area contributed by atoms with Crippen LogP contribution in [-0.4, -0.2) is 5.11 Å². The van der Waals surface area contributed by atoms with Gasteiger partial charge >= 0.3 is 0 Å². The Bertz CT molecular complexity index is 609. The van der Waals surface area contributed by atoms with E-state index in [1.807, 2.05) is 0 Å². The zero-order valence-corrected chi connectivity index (χ0v) is 12.6. The summed E-state index contributed by atoms with van der Waals surface area (Å²) < 4.78 is 0. The number of benzene rings is 1. The van der Waals surface area contributed by atoms with E-state index in [-0.39, 0.29) is 0 Å². The van der Waals surface area contributed by atoms with Crippen molar-refractivity contribution >= 4 is 11.3 Å². The standard InChI is InChI=1S/C17H20OS/c1-11-4-7-15(13(3)10-11)17(18,14-5-6-14)16-12(2)8-9-19-16/h4,7-10,14,18H,5-6H2,1-3H3. The van der Waals surface area contributed by atoms with Crippen LogP contribution in [0.5, 0.6) is 0 Å². The fourth-order valence-corrected chi connectivity index (χ4v) is 4.15. The van der Waals surface area contributed by atoms with Gasteiger partial charge in [-0.25, -0.2) is 0 Å². The van der Waals surface area contributed by atoms with Crippen LogP contribution in [0.1, 0.15) is 40.0 Å². The molecular weight excluding hydrogens is 252 g/mol. The zero-order chi connectivity index (χ0) is 13.6. The fraction of sp³-hybridized carbons (Fsp3) is 0.412. The minimum absolute atomic E-state index is 0.381. The molecule has 1 aliphatic carbocycles. The maximum Gasteiger partial charge on any atom is 0.127 e. The lowest BCUT2D eigenvalue weighted by Gasteiger charge is -2.30. The summed E-state index contributed by atoms with van der Waals surface area (Å²) in [4.78, 5) is 1.13. The van der Waals surface area contributed by atoms with Crippen molar-refractivity contribution in [3.05, 3.63) is 56.8 Å². The highest BCUT2D eigenvalue weighted by Gasteiger charge is 2.48. The van der Waals surface area contributed by atoms with Crippen molar-refractivity contribution in [2.45, 2.75) is 39.2 Å². The highest BCUT2D eigenvalue weighted by Crippen LogP contribution is 2.52. The first kappa shape index (κ1) is 12.9. The van der Waals surface area contributed by atoms with Crippen molar-refractivity contribution in [2.24, 2.45) is 5.92 Å². The number of hydrogen-bond donors (Lipinski definition) is 1. The molecule has 1 unspecified atom stereocenters. The summed E-state index contributed by atoms with van der Waals surface area (Å²) in [6, 6.07) is 8.50. The van der Waals surface area contributed by atoms with Crippen molar-refractivity contribution in [3.63, 3.8) is 0 Å². The van der Waals surface area contributed by atoms with E-state index in [1.54, 1.807) is 11.3 Å². The van der Waals surface area contributed by atoms with Gasteiger partial charge in [0.2, 0.25) is 0 Å². The molecule has 1 aromatic heterocycles. The van der Waals surface area contributed by atoms with Gasteiger partial charge in [0.05, 0.1) is 0 Å². The predicted octanol–water partition coefficient (Wildman–Crippen LogP) is 4.32. The minimum atomic E-state index is -0.782. The molecule has 1 saturated carbocycles. The van der Waals surface area contributed by atoms with Crippen LogP contribution in [0.2, 0.25) is 0 Å². The number of thiophene rings is 1. The Morgan fingerprint density at radius 3 is 2.37 bits per heavy atom. The lowest BCUT2D eigenvalue weighted by atomic mass is 9.83. The average molecular weight is 272 g/mol. The molecule has 1 aromatic carbocycles. The van der Waals surface area contributed by atoms with Gasteiger partial charge in [-0.05, 0) is 67.7 Å². The van der Waals surface area contributed by atoms with Gasteiger partial charge in [-0.3, -0.25) is 0 Å². The Morgan fingerprint density at radius 2 is 1.84 bits per heavy atom. The van der Waals surface area contributed by atoms with E-state index in [0.29, 0.717) is 5.92 Å². The summed E-state index contributed by atoms with van der Waals surface area (Å²) >= 11 is 1.68. The van der Waals surface area contributed by atoms with Gasteiger partial charge in [-0.1, -0.05) is 23.8 Å². The minimum Gasteiger partial charge on any atom is -0.379 e. The highest BCUT2D eigenvalue weighted by atomic mass is 32.1. The molecule has 3 rings (SSSR count). The second kappa shape index (κ2) is 4.46. The molecule has 1 N–H and O–H groups in total. The first-order valence-corrected chi connectivity index (χ1v) is 7.76. The summed E-state index contributed by atoms with van der Waals surface area (Å²) in [6.45, 7) is 6.31. The van der Waals surface area contributed by atoms with Gasteiger partial charge in [0.25, 0.3) is 0 Å². The van der Waals surface area contributed by atoms with Crippen molar-refractivity contribution < 1.29 is 5.11 Å². The molecule has 0 saturated heterocycles. The molecule has 2 heteroatoms. The van der Waals surface area contributed by atoms with Gasteiger partial charge in [0.1, 0.15) is 5.60 Å². The van der Waals surface area contributed by atoms with Crippen LogP contribution in [0.3, 0.4) is 0 Å². The van der Waals surface area contributed by atoms with Crippen molar-refractivity contribution in [3.8, 4) is 0 Å². The van der Waals surface area contributed by atoms with Crippen LogP contribution >= 0.6 is 11.3 Å². The quantitative estimate of drug-likeness (QED) is 0.882. The monoisotopic (exact) mass is 272 g/mol. The Labute approximate surface area is 118 Å². The molecule has 1 fully saturated rings. The van der Waals surface area contributed by atoms with E-state index in [4.69, 9.17) is 0 Å². The molecule has 0 spiro atoms. The first-order chi connectivity index (χ1) is 9.03. The second-order valence-corrected chi connectivity index (χ2v) is 6.71. The van der Waals surface area contributed by atoms with Crippen LogP contribution in [0.4, 0.5) is 0 Å². The second-order valence-electron chi connectivity index (χ2n) is 5.79. The number of aryl methyl sites for hydroxylation is 3. The number of aliphatic hydroxyl groups is 1. The number of rotatable bonds is 3. The summed E-state index contributed by atoms with van der Waals surface area (Å²) in [5, 5.41) is 13.5. The normalized spacial score (nSPS) is 18.3. The third-order valence-electron chi connectivity index (χ3n) is 4.17. The molecule has 0 aliphatic heterocycles. The van der Waals surface area contributed by atoms with E-state index in [9.17, 15) is 5.11 Å². The van der Waals surface area contributed by atoms with E-state index in [1.165, 1.54) is 16.7 Å². The molecule has 19 heavy (non-hydrogen) atoms. The fourth-order valence-electron chi connectivity index (χ4n) is 3.03. The molecule has 100 valence electrons.